The van der Waals surface area contributed by atoms with Gasteiger partial charge in [-0.3, -0.25) is 10.1 Å². The van der Waals surface area contributed by atoms with E-state index < -0.39 is 0 Å². The fourth-order valence-electron chi connectivity index (χ4n) is 1.95. The van der Waals surface area contributed by atoms with Crippen LogP contribution in [0.15, 0.2) is 24.3 Å². The Balaban J connectivity index is 2.71. The van der Waals surface area contributed by atoms with Crippen LogP contribution in [0.2, 0.25) is 0 Å². The summed E-state index contributed by atoms with van der Waals surface area (Å²) in [5.41, 5.74) is 1.11. The van der Waals surface area contributed by atoms with Crippen LogP contribution in [-0.4, -0.2) is 11.0 Å². The van der Waals surface area contributed by atoms with Crippen molar-refractivity contribution in [3.8, 4) is 0 Å². The maximum atomic E-state index is 10.7. The minimum Gasteiger partial charge on any atom is -0.308 e. The highest BCUT2D eigenvalue weighted by Crippen LogP contribution is 2.19. The quantitative estimate of drug-likeness (QED) is 0.608. The van der Waals surface area contributed by atoms with Gasteiger partial charge in [-0.15, -0.1) is 0 Å². The summed E-state index contributed by atoms with van der Waals surface area (Å²) in [7, 11) is 0. The molecular weight excluding hydrogens is 216 g/mol. The Morgan fingerprint density at radius 2 is 2.12 bits per heavy atom. The third kappa shape index (κ3) is 4.15. The lowest BCUT2D eigenvalue weighted by Crippen LogP contribution is -2.28. The second kappa shape index (κ2) is 6.35. The highest BCUT2D eigenvalue weighted by atomic mass is 16.6. The Bertz CT molecular complexity index is 379. The zero-order chi connectivity index (χ0) is 12.8. The number of hydrogen-bond acceptors (Lipinski definition) is 3. The fraction of sp³-hybridized carbons (Fsp3) is 0.538. The first-order valence-electron chi connectivity index (χ1n) is 6.05. The first-order valence-corrected chi connectivity index (χ1v) is 6.05. The molecule has 0 aliphatic rings. The van der Waals surface area contributed by atoms with Crippen molar-refractivity contribution in [3.05, 3.63) is 39.9 Å². The summed E-state index contributed by atoms with van der Waals surface area (Å²) in [6.45, 7) is 6.32. The summed E-state index contributed by atoms with van der Waals surface area (Å²) in [6.07, 6.45) is 2.25. The van der Waals surface area contributed by atoms with E-state index in [0.29, 0.717) is 6.04 Å². The largest absolute Gasteiger partial charge is 0.308 e. The average molecular weight is 236 g/mol. The predicted molar refractivity (Wildman–Crippen MR) is 69.0 cm³/mol. The summed E-state index contributed by atoms with van der Waals surface area (Å²) in [5.74, 6) is 0. The van der Waals surface area contributed by atoms with Crippen LogP contribution in [-0.2, 0) is 0 Å². The Hall–Kier alpha value is -1.42. The van der Waals surface area contributed by atoms with E-state index in [-0.39, 0.29) is 16.7 Å². The molecule has 1 N–H and O–H groups in total. The SMILES string of the molecule is CCCC(C)NC(C)c1cccc([N+](=O)[O-])c1. The molecule has 2 atom stereocenters. The maximum absolute atomic E-state index is 10.7. The van der Waals surface area contributed by atoms with Gasteiger partial charge in [0.25, 0.3) is 5.69 Å². The van der Waals surface area contributed by atoms with Crippen molar-refractivity contribution in [1.29, 1.82) is 0 Å². The molecule has 0 fully saturated rings. The van der Waals surface area contributed by atoms with Gasteiger partial charge in [0.2, 0.25) is 0 Å². The van der Waals surface area contributed by atoms with E-state index in [1.807, 2.05) is 13.0 Å². The van der Waals surface area contributed by atoms with Crippen LogP contribution in [0.4, 0.5) is 5.69 Å². The minimum absolute atomic E-state index is 0.136. The van der Waals surface area contributed by atoms with Gasteiger partial charge in [-0.1, -0.05) is 25.5 Å². The number of nitro benzene ring substituents is 1. The van der Waals surface area contributed by atoms with Gasteiger partial charge in [0.05, 0.1) is 4.92 Å². The number of rotatable bonds is 6. The molecule has 0 bridgehead atoms. The zero-order valence-corrected chi connectivity index (χ0v) is 10.6. The van der Waals surface area contributed by atoms with Gasteiger partial charge in [0, 0.05) is 24.2 Å². The molecule has 1 rings (SSSR count). The molecule has 1 aromatic rings. The molecule has 0 radical (unpaired) electrons. The van der Waals surface area contributed by atoms with Crippen LogP contribution in [0.25, 0.3) is 0 Å². The van der Waals surface area contributed by atoms with Gasteiger partial charge in [-0.2, -0.15) is 0 Å². The van der Waals surface area contributed by atoms with Crippen LogP contribution in [0.1, 0.15) is 45.2 Å². The van der Waals surface area contributed by atoms with Crippen LogP contribution in [0, 0.1) is 10.1 Å². The molecule has 4 nitrogen and oxygen atoms in total. The lowest BCUT2D eigenvalue weighted by Gasteiger charge is -2.19. The Morgan fingerprint density at radius 3 is 2.71 bits per heavy atom. The van der Waals surface area contributed by atoms with Gasteiger partial charge < -0.3 is 5.32 Å². The number of nitro groups is 1. The smallest absolute Gasteiger partial charge is 0.269 e. The number of hydrogen-bond donors (Lipinski definition) is 1. The third-order valence-electron chi connectivity index (χ3n) is 2.84. The third-order valence-corrected chi connectivity index (χ3v) is 2.84. The molecule has 2 unspecified atom stereocenters. The normalized spacial score (nSPS) is 14.3. The van der Waals surface area contributed by atoms with Crippen molar-refractivity contribution >= 4 is 5.69 Å². The Morgan fingerprint density at radius 1 is 1.41 bits per heavy atom. The molecule has 94 valence electrons. The molecular formula is C13H20N2O2. The molecule has 0 aliphatic carbocycles. The first kappa shape index (κ1) is 13.6. The molecule has 0 aliphatic heterocycles. The highest BCUT2D eigenvalue weighted by molar-refractivity contribution is 5.35. The van der Waals surface area contributed by atoms with Crippen molar-refractivity contribution in [1.82, 2.24) is 5.32 Å². The highest BCUT2D eigenvalue weighted by Gasteiger charge is 2.12. The lowest BCUT2D eigenvalue weighted by atomic mass is 10.1. The number of benzene rings is 1. The molecule has 0 aromatic heterocycles. The van der Waals surface area contributed by atoms with E-state index in [0.717, 1.165) is 18.4 Å². The van der Waals surface area contributed by atoms with Gasteiger partial charge in [0.1, 0.15) is 0 Å². The monoisotopic (exact) mass is 236 g/mol. The molecule has 0 saturated carbocycles. The standard InChI is InChI=1S/C13H20N2O2/c1-4-6-10(2)14-11(3)12-7-5-8-13(9-12)15(16)17/h5,7-11,14H,4,6H2,1-3H3. The number of non-ortho nitro benzene ring substituents is 1. The molecule has 17 heavy (non-hydrogen) atoms. The fourth-order valence-corrected chi connectivity index (χ4v) is 1.95. The van der Waals surface area contributed by atoms with Gasteiger partial charge in [0.15, 0.2) is 0 Å². The van der Waals surface area contributed by atoms with E-state index >= 15 is 0 Å². The van der Waals surface area contributed by atoms with Crippen molar-refractivity contribution in [3.63, 3.8) is 0 Å². The molecule has 1 aromatic carbocycles. The van der Waals surface area contributed by atoms with Crippen LogP contribution in [0.3, 0.4) is 0 Å². The predicted octanol–water partition coefficient (Wildman–Crippen LogP) is 3.43. The molecule has 4 heteroatoms. The molecule has 0 heterocycles. The molecule has 0 spiro atoms. The van der Waals surface area contributed by atoms with E-state index in [1.54, 1.807) is 12.1 Å². The topological polar surface area (TPSA) is 55.2 Å². The molecule has 0 saturated heterocycles. The van der Waals surface area contributed by atoms with E-state index in [2.05, 4.69) is 19.2 Å². The summed E-state index contributed by atoms with van der Waals surface area (Å²) in [4.78, 5) is 10.3. The number of nitrogens with one attached hydrogen (secondary N) is 1. The average Bonchev–Trinajstić information content (AvgIpc) is 2.29. The van der Waals surface area contributed by atoms with Crippen LogP contribution in [0.5, 0.6) is 0 Å². The summed E-state index contributed by atoms with van der Waals surface area (Å²) < 4.78 is 0. The minimum atomic E-state index is -0.355. The summed E-state index contributed by atoms with van der Waals surface area (Å²) in [6, 6.07) is 7.37. The summed E-state index contributed by atoms with van der Waals surface area (Å²) in [5, 5.41) is 14.1. The van der Waals surface area contributed by atoms with Crippen LogP contribution < -0.4 is 5.32 Å². The summed E-state index contributed by atoms with van der Waals surface area (Å²) >= 11 is 0. The van der Waals surface area contributed by atoms with Crippen molar-refractivity contribution < 1.29 is 4.92 Å². The van der Waals surface area contributed by atoms with Gasteiger partial charge in [-0.25, -0.2) is 0 Å². The van der Waals surface area contributed by atoms with E-state index in [1.165, 1.54) is 6.07 Å². The van der Waals surface area contributed by atoms with E-state index in [4.69, 9.17) is 0 Å². The van der Waals surface area contributed by atoms with Crippen molar-refractivity contribution in [2.24, 2.45) is 0 Å². The van der Waals surface area contributed by atoms with Gasteiger partial charge in [-0.05, 0) is 25.8 Å². The van der Waals surface area contributed by atoms with Crippen molar-refractivity contribution in [2.75, 3.05) is 0 Å². The van der Waals surface area contributed by atoms with Crippen LogP contribution >= 0.6 is 0 Å². The first-order chi connectivity index (χ1) is 8.04. The second-order valence-electron chi connectivity index (χ2n) is 4.43. The zero-order valence-electron chi connectivity index (χ0n) is 10.6. The van der Waals surface area contributed by atoms with E-state index in [9.17, 15) is 10.1 Å². The lowest BCUT2D eigenvalue weighted by molar-refractivity contribution is -0.384. The van der Waals surface area contributed by atoms with Crippen molar-refractivity contribution in [2.45, 2.75) is 45.7 Å². The number of nitrogens with zero attached hydrogens (tertiary/aromatic N) is 1. The maximum Gasteiger partial charge on any atom is 0.269 e. The Kier molecular flexibility index (Phi) is 5.10. The van der Waals surface area contributed by atoms with Gasteiger partial charge >= 0.3 is 0 Å². The second-order valence-corrected chi connectivity index (χ2v) is 4.43. The molecule has 0 amide bonds. The Labute approximate surface area is 102 Å².